The third-order valence-corrected chi connectivity index (χ3v) is 6.94. The molecule has 0 spiro atoms. The largest absolute Gasteiger partial charge is 0.337 e. The van der Waals surface area contributed by atoms with Crippen molar-refractivity contribution in [3.8, 4) is 0 Å². The summed E-state index contributed by atoms with van der Waals surface area (Å²) in [6.07, 6.45) is 8.19. The zero-order chi connectivity index (χ0) is 19.1. The van der Waals surface area contributed by atoms with Crippen LogP contribution in [-0.4, -0.2) is 46.4 Å². The van der Waals surface area contributed by atoms with Gasteiger partial charge in [0.25, 0.3) is 0 Å². The summed E-state index contributed by atoms with van der Waals surface area (Å²) in [5.74, 6) is 0.975. The third kappa shape index (κ3) is 3.24. The van der Waals surface area contributed by atoms with Gasteiger partial charge in [-0.05, 0) is 55.7 Å². The fourth-order valence-corrected chi connectivity index (χ4v) is 5.21. The summed E-state index contributed by atoms with van der Waals surface area (Å²) in [6, 6.07) is 13.1. The van der Waals surface area contributed by atoms with E-state index < -0.39 is 0 Å². The quantitative estimate of drug-likeness (QED) is 0.820. The zero-order valence-corrected chi connectivity index (χ0v) is 16.7. The lowest BCUT2D eigenvalue weighted by molar-refractivity contribution is -0.138. The molecule has 146 valence electrons. The summed E-state index contributed by atoms with van der Waals surface area (Å²) in [6.45, 7) is 6.05. The molecule has 3 aliphatic heterocycles. The first kappa shape index (κ1) is 17.9. The van der Waals surface area contributed by atoms with E-state index in [9.17, 15) is 4.79 Å². The van der Waals surface area contributed by atoms with Gasteiger partial charge in [0.2, 0.25) is 5.91 Å². The average molecular weight is 376 g/mol. The maximum Gasteiger partial charge on any atom is 0.233 e. The van der Waals surface area contributed by atoms with Crippen molar-refractivity contribution in [2.75, 3.05) is 19.6 Å². The van der Waals surface area contributed by atoms with Crippen LogP contribution in [-0.2, 0) is 16.8 Å². The first-order valence-corrected chi connectivity index (χ1v) is 10.6. The van der Waals surface area contributed by atoms with E-state index in [1.807, 2.05) is 18.5 Å². The summed E-state index contributed by atoms with van der Waals surface area (Å²) in [7, 11) is 0. The van der Waals surface area contributed by atoms with Crippen LogP contribution in [0, 0.1) is 12.8 Å². The minimum Gasteiger partial charge on any atom is -0.337 e. The van der Waals surface area contributed by atoms with Gasteiger partial charge in [-0.25, -0.2) is 0 Å². The van der Waals surface area contributed by atoms with Crippen molar-refractivity contribution in [3.05, 3.63) is 65.5 Å². The Hall–Kier alpha value is -2.20. The van der Waals surface area contributed by atoms with Crippen LogP contribution in [0.2, 0.25) is 0 Å². The van der Waals surface area contributed by atoms with Crippen molar-refractivity contribution < 1.29 is 4.79 Å². The predicted octanol–water partition coefficient (Wildman–Crippen LogP) is 3.54. The van der Waals surface area contributed by atoms with Crippen LogP contribution in [0.1, 0.15) is 42.4 Å². The predicted molar refractivity (Wildman–Crippen MR) is 110 cm³/mol. The highest BCUT2D eigenvalue weighted by Gasteiger charge is 2.55. The molecule has 2 aromatic rings. The molecule has 1 aromatic carbocycles. The van der Waals surface area contributed by atoms with E-state index in [1.165, 1.54) is 23.1 Å². The first-order chi connectivity index (χ1) is 13.6. The molecule has 1 saturated carbocycles. The number of fused-ring (bicyclic) bond motifs is 4. The molecule has 28 heavy (non-hydrogen) atoms. The summed E-state index contributed by atoms with van der Waals surface area (Å²) >= 11 is 0. The molecule has 4 fully saturated rings. The van der Waals surface area contributed by atoms with Crippen molar-refractivity contribution in [3.63, 3.8) is 0 Å². The molecule has 3 saturated heterocycles. The number of carbonyl (C=O) groups is 1. The highest BCUT2D eigenvalue weighted by atomic mass is 16.2. The van der Waals surface area contributed by atoms with E-state index in [-0.39, 0.29) is 5.41 Å². The highest BCUT2D eigenvalue weighted by molar-refractivity contribution is 5.91. The van der Waals surface area contributed by atoms with E-state index >= 15 is 0 Å². The number of benzene rings is 1. The molecule has 6 rings (SSSR count). The minimum absolute atomic E-state index is 0.244. The second-order valence-electron chi connectivity index (χ2n) is 9.06. The second kappa shape index (κ2) is 7.00. The molecule has 1 aliphatic carbocycles. The number of hydrogen-bond donors (Lipinski definition) is 0. The molecular weight excluding hydrogens is 346 g/mol. The SMILES string of the molecule is Cc1ccc(C2(C(=O)N3C[C@H]4CC[C@@H]3CN(Cc3cccnc3)C4)CC2)cc1. The Kier molecular flexibility index (Phi) is 4.47. The van der Waals surface area contributed by atoms with Gasteiger partial charge in [0.05, 0.1) is 5.41 Å². The van der Waals surface area contributed by atoms with Crippen molar-refractivity contribution in [2.24, 2.45) is 5.92 Å². The van der Waals surface area contributed by atoms with Crippen LogP contribution in [0.4, 0.5) is 0 Å². The molecule has 1 amide bonds. The maximum absolute atomic E-state index is 13.7. The van der Waals surface area contributed by atoms with E-state index in [1.54, 1.807) is 0 Å². The smallest absolute Gasteiger partial charge is 0.233 e. The number of rotatable bonds is 4. The number of aromatic nitrogens is 1. The lowest BCUT2D eigenvalue weighted by atomic mass is 9.89. The van der Waals surface area contributed by atoms with Gasteiger partial charge in [-0.1, -0.05) is 35.9 Å². The van der Waals surface area contributed by atoms with Gasteiger partial charge in [-0.15, -0.1) is 0 Å². The van der Waals surface area contributed by atoms with Gasteiger partial charge < -0.3 is 4.90 Å². The number of aryl methyl sites for hydroxylation is 1. The third-order valence-electron chi connectivity index (χ3n) is 6.94. The molecule has 0 unspecified atom stereocenters. The van der Waals surface area contributed by atoms with Crippen LogP contribution in [0.5, 0.6) is 0 Å². The van der Waals surface area contributed by atoms with Crippen molar-refractivity contribution in [1.29, 1.82) is 0 Å². The number of nitrogens with zero attached hydrogens (tertiary/aromatic N) is 3. The molecule has 4 nitrogen and oxygen atoms in total. The molecule has 0 N–H and O–H groups in total. The Bertz CT molecular complexity index is 844. The van der Waals surface area contributed by atoms with Crippen molar-refractivity contribution >= 4 is 5.91 Å². The number of hydrogen-bond acceptors (Lipinski definition) is 3. The van der Waals surface area contributed by atoms with Crippen LogP contribution in [0.15, 0.2) is 48.8 Å². The Labute approximate surface area is 167 Å². The lowest BCUT2D eigenvalue weighted by Crippen LogP contribution is -2.51. The Morgan fingerprint density at radius 3 is 2.64 bits per heavy atom. The minimum atomic E-state index is -0.244. The molecule has 1 aromatic heterocycles. The maximum atomic E-state index is 13.7. The Morgan fingerprint density at radius 2 is 1.93 bits per heavy atom. The second-order valence-corrected chi connectivity index (χ2v) is 9.06. The molecule has 2 bridgehead atoms. The van der Waals surface area contributed by atoms with Crippen LogP contribution < -0.4 is 0 Å². The molecule has 4 heterocycles. The first-order valence-electron chi connectivity index (χ1n) is 10.6. The Morgan fingerprint density at radius 1 is 1.11 bits per heavy atom. The molecule has 2 atom stereocenters. The van der Waals surface area contributed by atoms with E-state index in [0.717, 1.165) is 45.4 Å². The van der Waals surface area contributed by atoms with Crippen LogP contribution >= 0.6 is 0 Å². The summed E-state index contributed by atoms with van der Waals surface area (Å²) < 4.78 is 0. The molecular formula is C24H29N3O. The Balaban J connectivity index is 1.34. The summed E-state index contributed by atoms with van der Waals surface area (Å²) in [4.78, 5) is 22.7. The number of piperidine rings is 1. The van der Waals surface area contributed by atoms with Gasteiger partial charge in [-0.3, -0.25) is 14.7 Å². The number of carbonyl (C=O) groups excluding carboxylic acids is 1. The van der Waals surface area contributed by atoms with Gasteiger partial charge >= 0.3 is 0 Å². The van der Waals surface area contributed by atoms with Crippen LogP contribution in [0.25, 0.3) is 0 Å². The normalized spacial score (nSPS) is 26.1. The van der Waals surface area contributed by atoms with Gasteiger partial charge in [0, 0.05) is 44.6 Å². The molecule has 4 heteroatoms. The summed E-state index contributed by atoms with van der Waals surface area (Å²) in [5, 5.41) is 0. The van der Waals surface area contributed by atoms with Gasteiger partial charge in [0.1, 0.15) is 0 Å². The fourth-order valence-electron chi connectivity index (χ4n) is 5.21. The van der Waals surface area contributed by atoms with Crippen molar-refractivity contribution in [1.82, 2.24) is 14.8 Å². The van der Waals surface area contributed by atoms with E-state index in [2.05, 4.69) is 52.0 Å². The van der Waals surface area contributed by atoms with E-state index in [0.29, 0.717) is 17.9 Å². The summed E-state index contributed by atoms with van der Waals surface area (Å²) in [5.41, 5.74) is 3.49. The van der Waals surface area contributed by atoms with E-state index in [4.69, 9.17) is 0 Å². The number of amides is 1. The van der Waals surface area contributed by atoms with Crippen molar-refractivity contribution in [2.45, 2.75) is 50.6 Å². The number of pyridine rings is 1. The standard InChI is InChI=1S/C24H29N3O/c1-18-4-7-21(8-5-18)24(10-11-24)23(28)27-16-20-6-9-22(27)17-26(15-20)14-19-3-2-12-25-13-19/h2-5,7-8,12-13,20,22H,6,9-11,14-17H2,1H3/t20-,22+/m0/s1. The van der Waals surface area contributed by atoms with Gasteiger partial charge in [0.15, 0.2) is 0 Å². The highest BCUT2D eigenvalue weighted by Crippen LogP contribution is 2.50. The zero-order valence-electron chi connectivity index (χ0n) is 16.7. The molecule has 4 aliphatic rings. The van der Waals surface area contributed by atoms with Crippen LogP contribution in [0.3, 0.4) is 0 Å². The topological polar surface area (TPSA) is 36.4 Å². The lowest BCUT2D eigenvalue weighted by Gasteiger charge is -2.38. The molecule has 0 radical (unpaired) electrons. The average Bonchev–Trinajstić information content (AvgIpc) is 3.54. The van der Waals surface area contributed by atoms with Gasteiger partial charge in [-0.2, -0.15) is 0 Å². The monoisotopic (exact) mass is 375 g/mol. The fraction of sp³-hybridized carbons (Fsp3) is 0.500.